The molecule has 1 atom stereocenters. The molecule has 0 aliphatic carbocycles. The molecule has 0 spiro atoms. The van der Waals surface area contributed by atoms with Gasteiger partial charge in [0.2, 0.25) is 0 Å². The summed E-state index contributed by atoms with van der Waals surface area (Å²) in [5.74, 6) is 0.895. The Morgan fingerprint density at radius 1 is 1.32 bits per heavy atom. The van der Waals surface area contributed by atoms with E-state index >= 15 is 0 Å². The van der Waals surface area contributed by atoms with E-state index in [1.807, 2.05) is 19.9 Å². The van der Waals surface area contributed by atoms with Gasteiger partial charge >= 0.3 is 0 Å². The summed E-state index contributed by atoms with van der Waals surface area (Å²) in [7, 11) is 0. The van der Waals surface area contributed by atoms with E-state index < -0.39 is 0 Å². The highest BCUT2D eigenvalue weighted by molar-refractivity contribution is 5.58. The van der Waals surface area contributed by atoms with Crippen molar-refractivity contribution < 1.29 is 0 Å². The molecule has 0 bridgehead atoms. The van der Waals surface area contributed by atoms with Crippen LogP contribution in [0.3, 0.4) is 0 Å². The van der Waals surface area contributed by atoms with Crippen molar-refractivity contribution in [1.29, 1.82) is 5.26 Å². The number of pyridine rings is 1. The lowest BCUT2D eigenvalue weighted by molar-refractivity contribution is 0.230. The average molecular weight is 256 g/mol. The number of nitriles is 1. The summed E-state index contributed by atoms with van der Waals surface area (Å²) < 4.78 is 0. The van der Waals surface area contributed by atoms with Crippen LogP contribution in [0.4, 0.5) is 5.82 Å². The molecular weight excluding hydrogens is 236 g/mol. The minimum atomic E-state index is 0.655. The number of aromatic nitrogens is 1. The number of rotatable bonds is 1. The summed E-state index contributed by atoms with van der Waals surface area (Å²) in [4.78, 5) is 9.51. The van der Waals surface area contributed by atoms with Gasteiger partial charge in [0.05, 0.1) is 5.56 Å². The number of hydrogen-bond acceptors (Lipinski definition) is 4. The van der Waals surface area contributed by atoms with Crippen LogP contribution in [0.1, 0.15) is 29.7 Å². The molecule has 0 saturated carbocycles. The summed E-state index contributed by atoms with van der Waals surface area (Å²) in [6.07, 6.45) is 2.59. The van der Waals surface area contributed by atoms with Gasteiger partial charge in [-0.05, 0) is 44.9 Å². The molecule has 0 N–H and O–H groups in total. The zero-order valence-corrected chi connectivity index (χ0v) is 11.7. The van der Waals surface area contributed by atoms with Crippen molar-refractivity contribution in [3.05, 3.63) is 22.9 Å². The molecule has 1 aromatic heterocycles. The molecule has 1 aromatic rings. The molecule has 0 radical (unpaired) electrons. The smallest absolute Gasteiger partial charge is 0.147 e. The van der Waals surface area contributed by atoms with Gasteiger partial charge in [-0.1, -0.05) is 0 Å². The Hall–Kier alpha value is -1.60. The van der Waals surface area contributed by atoms with Gasteiger partial charge in [-0.3, -0.25) is 4.90 Å². The first kappa shape index (κ1) is 12.4. The summed E-state index contributed by atoms with van der Waals surface area (Å²) in [5, 5.41) is 9.38. The summed E-state index contributed by atoms with van der Waals surface area (Å²) in [5.41, 5.74) is 2.79. The van der Waals surface area contributed by atoms with Crippen molar-refractivity contribution in [2.24, 2.45) is 0 Å². The van der Waals surface area contributed by atoms with Crippen LogP contribution in [0.2, 0.25) is 0 Å². The number of piperazine rings is 1. The van der Waals surface area contributed by atoms with Crippen molar-refractivity contribution in [3.8, 4) is 6.07 Å². The Labute approximate surface area is 114 Å². The minimum Gasteiger partial charge on any atom is -0.353 e. The third-order valence-electron chi connectivity index (χ3n) is 4.32. The van der Waals surface area contributed by atoms with E-state index in [1.54, 1.807) is 0 Å². The Morgan fingerprint density at radius 3 is 2.95 bits per heavy atom. The number of nitrogens with zero attached hydrogens (tertiary/aromatic N) is 4. The molecule has 4 heteroatoms. The van der Waals surface area contributed by atoms with Crippen molar-refractivity contribution in [2.45, 2.75) is 32.7 Å². The van der Waals surface area contributed by atoms with E-state index in [0.717, 1.165) is 42.3 Å². The zero-order valence-electron chi connectivity index (χ0n) is 11.7. The summed E-state index contributed by atoms with van der Waals surface area (Å²) in [6, 6.07) is 4.98. The van der Waals surface area contributed by atoms with Gasteiger partial charge in [-0.2, -0.15) is 5.26 Å². The first-order chi connectivity index (χ1) is 9.19. The third-order valence-corrected chi connectivity index (χ3v) is 4.32. The van der Waals surface area contributed by atoms with E-state index in [0.29, 0.717) is 6.04 Å². The highest BCUT2D eigenvalue weighted by Crippen LogP contribution is 2.27. The fourth-order valence-electron chi connectivity index (χ4n) is 3.37. The van der Waals surface area contributed by atoms with Gasteiger partial charge in [-0.25, -0.2) is 4.98 Å². The van der Waals surface area contributed by atoms with E-state index in [-0.39, 0.29) is 0 Å². The maximum Gasteiger partial charge on any atom is 0.147 e. The quantitative estimate of drug-likeness (QED) is 0.769. The molecule has 2 fully saturated rings. The minimum absolute atomic E-state index is 0.655. The maximum absolute atomic E-state index is 9.38. The van der Waals surface area contributed by atoms with Gasteiger partial charge in [0.1, 0.15) is 11.9 Å². The normalized spacial score (nSPS) is 23.2. The van der Waals surface area contributed by atoms with Gasteiger partial charge < -0.3 is 4.90 Å². The molecule has 2 saturated heterocycles. The highest BCUT2D eigenvalue weighted by atomic mass is 15.3. The van der Waals surface area contributed by atoms with Crippen LogP contribution in [0.5, 0.6) is 0 Å². The van der Waals surface area contributed by atoms with Crippen LogP contribution >= 0.6 is 0 Å². The van der Waals surface area contributed by atoms with Crippen LogP contribution in [0.15, 0.2) is 6.07 Å². The maximum atomic E-state index is 9.38. The van der Waals surface area contributed by atoms with Crippen LogP contribution < -0.4 is 4.90 Å². The Kier molecular flexibility index (Phi) is 3.16. The molecule has 0 aromatic carbocycles. The Balaban J connectivity index is 1.92. The molecule has 3 rings (SSSR count). The van der Waals surface area contributed by atoms with Crippen LogP contribution in [-0.2, 0) is 0 Å². The second-order valence-corrected chi connectivity index (χ2v) is 5.67. The lowest BCUT2D eigenvalue weighted by Gasteiger charge is -2.38. The first-order valence-corrected chi connectivity index (χ1v) is 7.06. The summed E-state index contributed by atoms with van der Waals surface area (Å²) >= 11 is 0. The number of aryl methyl sites for hydroxylation is 2. The lowest BCUT2D eigenvalue weighted by Crippen LogP contribution is -2.50. The molecule has 100 valence electrons. The molecule has 19 heavy (non-hydrogen) atoms. The van der Waals surface area contributed by atoms with Gasteiger partial charge in [0, 0.05) is 31.4 Å². The second kappa shape index (κ2) is 4.82. The van der Waals surface area contributed by atoms with Crippen LogP contribution in [0, 0.1) is 25.2 Å². The van der Waals surface area contributed by atoms with Gasteiger partial charge in [0.15, 0.2) is 0 Å². The highest BCUT2D eigenvalue weighted by Gasteiger charge is 2.32. The first-order valence-electron chi connectivity index (χ1n) is 7.06. The van der Waals surface area contributed by atoms with Crippen molar-refractivity contribution in [3.63, 3.8) is 0 Å². The topological polar surface area (TPSA) is 43.2 Å². The molecule has 3 heterocycles. The number of anilines is 1. The van der Waals surface area contributed by atoms with E-state index in [2.05, 4.69) is 20.9 Å². The fraction of sp³-hybridized carbons (Fsp3) is 0.600. The molecule has 2 aliphatic heterocycles. The standard InChI is InChI=1S/C15H20N4/c1-11-8-12(2)17-15(14(11)9-16)19-7-6-18-5-3-4-13(18)10-19/h8,13H,3-7,10H2,1-2H3. The molecule has 2 aliphatic rings. The third kappa shape index (κ3) is 2.19. The second-order valence-electron chi connectivity index (χ2n) is 5.67. The monoisotopic (exact) mass is 256 g/mol. The lowest BCUT2D eigenvalue weighted by atomic mass is 10.1. The molecule has 1 unspecified atom stereocenters. The predicted octanol–water partition coefficient (Wildman–Crippen LogP) is 1.85. The van der Waals surface area contributed by atoms with E-state index in [9.17, 15) is 5.26 Å². The largest absolute Gasteiger partial charge is 0.353 e. The zero-order chi connectivity index (χ0) is 13.4. The molecule has 0 amide bonds. The van der Waals surface area contributed by atoms with Crippen molar-refractivity contribution in [2.75, 3.05) is 31.1 Å². The molecular formula is C15H20N4. The number of fused-ring (bicyclic) bond motifs is 1. The number of hydrogen-bond donors (Lipinski definition) is 0. The Morgan fingerprint density at radius 2 is 2.16 bits per heavy atom. The Bertz CT molecular complexity index is 532. The predicted molar refractivity (Wildman–Crippen MR) is 75.2 cm³/mol. The van der Waals surface area contributed by atoms with E-state index in [4.69, 9.17) is 0 Å². The molecule has 4 nitrogen and oxygen atoms in total. The average Bonchev–Trinajstić information content (AvgIpc) is 2.85. The summed E-state index contributed by atoms with van der Waals surface area (Å²) in [6.45, 7) is 8.35. The van der Waals surface area contributed by atoms with Crippen molar-refractivity contribution in [1.82, 2.24) is 9.88 Å². The van der Waals surface area contributed by atoms with Crippen LogP contribution in [0.25, 0.3) is 0 Å². The van der Waals surface area contributed by atoms with Crippen molar-refractivity contribution >= 4 is 5.82 Å². The van der Waals surface area contributed by atoms with Gasteiger partial charge in [-0.15, -0.1) is 0 Å². The van der Waals surface area contributed by atoms with Gasteiger partial charge in [0.25, 0.3) is 0 Å². The fourth-order valence-corrected chi connectivity index (χ4v) is 3.37. The van der Waals surface area contributed by atoms with Crippen LogP contribution in [-0.4, -0.2) is 42.1 Å². The van der Waals surface area contributed by atoms with E-state index in [1.165, 1.54) is 19.4 Å². The SMILES string of the molecule is Cc1cc(C)c(C#N)c(N2CCN3CCCC3C2)n1.